The van der Waals surface area contributed by atoms with Crippen LogP contribution in [0.2, 0.25) is 0 Å². The van der Waals surface area contributed by atoms with Crippen LogP contribution in [0, 0.1) is 10.1 Å². The Hall–Kier alpha value is -4.31. The molecule has 0 bridgehead atoms. The molecular formula is C29H27BrN4O5. The molecule has 0 N–H and O–H groups in total. The molecule has 200 valence electrons. The number of fused-ring (bicyclic) bond motifs is 1. The number of halogens is 1. The largest absolute Gasteiger partial charge is 0.493 e. The highest BCUT2D eigenvalue weighted by molar-refractivity contribution is 9.10. The minimum Gasteiger partial charge on any atom is -0.493 e. The summed E-state index contributed by atoms with van der Waals surface area (Å²) < 4.78 is 13.8. The summed E-state index contributed by atoms with van der Waals surface area (Å²) in [5, 5.41) is 16.1. The Bertz CT molecular complexity index is 1630. The summed E-state index contributed by atoms with van der Waals surface area (Å²) in [5.41, 5.74) is 2.50. The van der Waals surface area contributed by atoms with Crippen molar-refractivity contribution in [2.45, 2.75) is 32.8 Å². The Morgan fingerprint density at radius 3 is 2.74 bits per heavy atom. The van der Waals surface area contributed by atoms with Crippen molar-refractivity contribution < 1.29 is 14.4 Å². The normalized spacial score (nSPS) is 11.2. The Balaban J connectivity index is 1.71. The highest BCUT2D eigenvalue weighted by atomic mass is 79.9. The van der Waals surface area contributed by atoms with Gasteiger partial charge in [-0.3, -0.25) is 14.9 Å². The van der Waals surface area contributed by atoms with E-state index in [1.165, 1.54) is 23.9 Å². The molecule has 0 aliphatic heterocycles. The number of non-ortho nitro benzene ring substituents is 1. The molecule has 1 heterocycles. The van der Waals surface area contributed by atoms with Crippen molar-refractivity contribution in [1.82, 2.24) is 9.66 Å². The molecule has 4 rings (SSSR count). The molecule has 1 aromatic heterocycles. The third-order valence-electron chi connectivity index (χ3n) is 5.91. The van der Waals surface area contributed by atoms with E-state index in [9.17, 15) is 14.9 Å². The van der Waals surface area contributed by atoms with Crippen molar-refractivity contribution in [2.75, 3.05) is 7.11 Å². The minimum atomic E-state index is -0.442. The van der Waals surface area contributed by atoms with Crippen molar-refractivity contribution in [3.05, 3.63) is 115 Å². The molecule has 0 unspecified atom stereocenters. The number of aromatic nitrogens is 2. The van der Waals surface area contributed by atoms with Gasteiger partial charge in [-0.25, -0.2) is 4.98 Å². The maximum absolute atomic E-state index is 13.3. The molecular weight excluding hydrogens is 564 g/mol. The summed E-state index contributed by atoms with van der Waals surface area (Å²) in [5.74, 6) is 1.54. The summed E-state index contributed by atoms with van der Waals surface area (Å²) in [6, 6.07) is 15.3. The number of nitro groups is 1. The van der Waals surface area contributed by atoms with E-state index >= 15 is 0 Å². The van der Waals surface area contributed by atoms with Crippen LogP contribution in [0.1, 0.15) is 35.9 Å². The fourth-order valence-corrected chi connectivity index (χ4v) is 4.48. The third kappa shape index (κ3) is 6.40. The Morgan fingerprint density at radius 2 is 2.03 bits per heavy atom. The number of rotatable bonds is 11. The van der Waals surface area contributed by atoms with Crippen LogP contribution in [0.3, 0.4) is 0 Å². The van der Waals surface area contributed by atoms with Crippen LogP contribution in [0.4, 0.5) is 5.69 Å². The van der Waals surface area contributed by atoms with Crippen molar-refractivity contribution in [2.24, 2.45) is 5.10 Å². The highest BCUT2D eigenvalue weighted by Crippen LogP contribution is 2.34. The monoisotopic (exact) mass is 590 g/mol. The first-order valence-electron chi connectivity index (χ1n) is 12.3. The van der Waals surface area contributed by atoms with Crippen molar-refractivity contribution in [3.8, 4) is 11.5 Å². The maximum atomic E-state index is 13.3. The zero-order chi connectivity index (χ0) is 27.9. The van der Waals surface area contributed by atoms with E-state index < -0.39 is 4.92 Å². The quantitative estimate of drug-likeness (QED) is 0.0887. The maximum Gasteiger partial charge on any atom is 0.282 e. The molecule has 0 amide bonds. The van der Waals surface area contributed by atoms with Gasteiger partial charge in [-0.15, -0.1) is 6.58 Å². The lowest BCUT2D eigenvalue weighted by Gasteiger charge is -2.16. The zero-order valence-corrected chi connectivity index (χ0v) is 23.2. The van der Waals surface area contributed by atoms with Crippen LogP contribution >= 0.6 is 15.9 Å². The smallest absolute Gasteiger partial charge is 0.282 e. The van der Waals surface area contributed by atoms with Gasteiger partial charge in [0.25, 0.3) is 11.2 Å². The SMILES string of the molecule is C=CCc1cc(C=Nn2c(CCC)nc3ccc(Br)cc3c2=O)cc(OC)c1OCc1cccc([N+](=O)[O-])c1. The molecule has 0 saturated carbocycles. The highest BCUT2D eigenvalue weighted by Gasteiger charge is 2.15. The van der Waals surface area contributed by atoms with Crippen LogP contribution in [0.15, 0.2) is 81.6 Å². The van der Waals surface area contributed by atoms with Gasteiger partial charge < -0.3 is 9.47 Å². The number of ether oxygens (including phenoxy) is 2. The molecule has 0 aliphatic carbocycles. The van der Waals surface area contributed by atoms with Gasteiger partial charge in [0.2, 0.25) is 0 Å². The number of hydrogen-bond acceptors (Lipinski definition) is 7. The van der Waals surface area contributed by atoms with E-state index in [1.54, 1.807) is 36.6 Å². The van der Waals surface area contributed by atoms with Crippen LogP contribution in [0.5, 0.6) is 11.5 Å². The van der Waals surface area contributed by atoms with Crippen molar-refractivity contribution in [1.29, 1.82) is 0 Å². The molecule has 9 nitrogen and oxygen atoms in total. The van der Waals surface area contributed by atoms with Crippen LogP contribution in [0.25, 0.3) is 10.9 Å². The molecule has 10 heteroatoms. The van der Waals surface area contributed by atoms with E-state index in [1.807, 2.05) is 25.1 Å². The summed E-state index contributed by atoms with van der Waals surface area (Å²) in [7, 11) is 1.53. The number of allylic oxidation sites excluding steroid dienone is 1. The minimum absolute atomic E-state index is 0.00541. The molecule has 0 radical (unpaired) electrons. The number of hydrogen-bond donors (Lipinski definition) is 0. The summed E-state index contributed by atoms with van der Waals surface area (Å²) in [6.45, 7) is 5.98. The van der Waals surface area contributed by atoms with E-state index in [4.69, 9.17) is 9.47 Å². The van der Waals surface area contributed by atoms with Crippen LogP contribution in [-0.4, -0.2) is 27.9 Å². The molecule has 39 heavy (non-hydrogen) atoms. The second-order valence-corrected chi connectivity index (χ2v) is 9.64. The first-order chi connectivity index (χ1) is 18.8. The first-order valence-corrected chi connectivity index (χ1v) is 13.1. The number of nitrogens with zero attached hydrogens (tertiary/aromatic N) is 4. The van der Waals surface area contributed by atoms with Gasteiger partial charge >= 0.3 is 0 Å². The average molecular weight is 591 g/mol. The molecule has 3 aromatic carbocycles. The molecule has 0 spiro atoms. The van der Waals surface area contributed by atoms with E-state index in [0.717, 1.165) is 16.5 Å². The predicted octanol–water partition coefficient (Wildman–Crippen LogP) is 6.22. The Morgan fingerprint density at radius 1 is 1.21 bits per heavy atom. The van der Waals surface area contributed by atoms with Gasteiger partial charge in [-0.2, -0.15) is 9.78 Å². The summed E-state index contributed by atoms with van der Waals surface area (Å²) >= 11 is 3.42. The van der Waals surface area contributed by atoms with Crippen molar-refractivity contribution >= 4 is 38.7 Å². The first kappa shape index (κ1) is 27.7. The number of methoxy groups -OCH3 is 1. The number of benzene rings is 3. The second kappa shape index (κ2) is 12.5. The summed E-state index contributed by atoms with van der Waals surface area (Å²) in [4.78, 5) is 28.7. The van der Waals surface area contributed by atoms with Crippen LogP contribution in [-0.2, 0) is 19.4 Å². The van der Waals surface area contributed by atoms with E-state index in [0.29, 0.717) is 52.2 Å². The molecule has 0 fully saturated rings. The lowest BCUT2D eigenvalue weighted by Crippen LogP contribution is -2.22. The number of aryl methyl sites for hydroxylation is 1. The molecule has 0 aliphatic rings. The van der Waals surface area contributed by atoms with E-state index in [-0.39, 0.29) is 17.9 Å². The standard InChI is InChI=1S/C29H27BrN4O5/c1-4-7-21-13-20(15-26(38-3)28(21)39-18-19-9-6-10-23(14-19)34(36)37)17-31-33-27(8-5-2)32-25-12-11-22(30)16-24(25)29(33)35/h4,6,9-17H,1,5,7-8,18H2,2-3H3. The fraction of sp³-hybridized carbons (Fsp3) is 0.207. The van der Waals surface area contributed by atoms with Crippen molar-refractivity contribution in [3.63, 3.8) is 0 Å². The lowest BCUT2D eigenvalue weighted by atomic mass is 10.1. The fourth-order valence-electron chi connectivity index (χ4n) is 4.12. The van der Waals surface area contributed by atoms with Gasteiger partial charge in [-0.05, 0) is 54.3 Å². The second-order valence-electron chi connectivity index (χ2n) is 8.72. The van der Waals surface area contributed by atoms with Gasteiger partial charge in [0.15, 0.2) is 11.5 Å². The van der Waals surface area contributed by atoms with Gasteiger partial charge in [0, 0.05) is 28.6 Å². The average Bonchev–Trinajstić information content (AvgIpc) is 2.93. The Kier molecular flexibility index (Phi) is 8.88. The predicted molar refractivity (Wildman–Crippen MR) is 155 cm³/mol. The van der Waals surface area contributed by atoms with Gasteiger partial charge in [0.05, 0.1) is 29.2 Å². The third-order valence-corrected chi connectivity index (χ3v) is 6.41. The molecule has 0 saturated heterocycles. The topological polar surface area (TPSA) is 109 Å². The van der Waals surface area contributed by atoms with Gasteiger partial charge in [0.1, 0.15) is 12.4 Å². The zero-order valence-electron chi connectivity index (χ0n) is 21.6. The van der Waals surface area contributed by atoms with Gasteiger partial charge in [-0.1, -0.05) is 41.1 Å². The number of nitro benzene ring substituents is 1. The molecule has 0 atom stereocenters. The van der Waals surface area contributed by atoms with E-state index in [2.05, 4.69) is 32.6 Å². The Labute approximate surface area is 233 Å². The van der Waals surface area contributed by atoms with Crippen LogP contribution < -0.4 is 15.0 Å². The summed E-state index contributed by atoms with van der Waals surface area (Å²) in [6.07, 6.45) is 5.21. The lowest BCUT2D eigenvalue weighted by molar-refractivity contribution is -0.384. The molecule has 4 aromatic rings.